The first-order valence-corrected chi connectivity index (χ1v) is 15.0. The van der Waals surface area contributed by atoms with E-state index >= 15 is 0 Å². The van der Waals surface area contributed by atoms with E-state index < -0.39 is 11.1 Å². The van der Waals surface area contributed by atoms with Gasteiger partial charge in [0.1, 0.15) is 16.9 Å². The zero-order valence-electron chi connectivity index (χ0n) is 25.2. The summed E-state index contributed by atoms with van der Waals surface area (Å²) in [7, 11) is 0. The molecule has 0 radical (unpaired) electrons. The molecule has 1 aromatic heterocycles. The van der Waals surface area contributed by atoms with E-state index in [-0.39, 0.29) is 12.0 Å². The molecule has 1 unspecified atom stereocenters. The van der Waals surface area contributed by atoms with Crippen molar-refractivity contribution in [2.75, 3.05) is 0 Å². The van der Waals surface area contributed by atoms with E-state index in [2.05, 4.69) is 102 Å². The normalized spacial score (nSPS) is 13.4. The molecule has 6 aromatic rings. The van der Waals surface area contributed by atoms with Gasteiger partial charge >= 0.3 is 0 Å². The van der Waals surface area contributed by atoms with Gasteiger partial charge in [-0.3, -0.25) is 0 Å². The summed E-state index contributed by atoms with van der Waals surface area (Å²) in [6, 6.07) is 43.8. The van der Waals surface area contributed by atoms with Crippen LogP contribution in [0, 0.1) is 5.92 Å². The summed E-state index contributed by atoms with van der Waals surface area (Å²) in [4.78, 5) is 4.95. The molecule has 4 nitrogen and oxygen atoms in total. The minimum absolute atomic E-state index is 0.104. The lowest BCUT2D eigenvalue weighted by atomic mass is 9.76. The summed E-state index contributed by atoms with van der Waals surface area (Å²) in [6.07, 6.45) is 4.00. The zero-order valence-corrected chi connectivity index (χ0v) is 25.2. The van der Waals surface area contributed by atoms with Crippen LogP contribution < -0.4 is 4.74 Å². The van der Waals surface area contributed by atoms with Gasteiger partial charge in [0.25, 0.3) is 0 Å². The third-order valence-electron chi connectivity index (χ3n) is 8.39. The predicted molar refractivity (Wildman–Crippen MR) is 174 cm³/mol. The Hall–Kier alpha value is -4.67. The fourth-order valence-electron chi connectivity index (χ4n) is 6.27. The van der Waals surface area contributed by atoms with Crippen molar-refractivity contribution in [2.45, 2.75) is 44.9 Å². The zero-order chi connectivity index (χ0) is 30.0. The molecule has 216 valence electrons. The summed E-state index contributed by atoms with van der Waals surface area (Å²) in [6.45, 7) is 8.14. The molecule has 0 aliphatic carbocycles. The molecule has 4 heteroatoms. The standard InChI is InChI=1S/C39H38N2O2/c1-28(2)39(42,35-22-20-31-25-36(43-29(3)4)23-21-30(31)24-35)37-26-41(27-40-37)38(32-14-8-5-9-15-32,33-16-10-6-11-17-33)34-18-12-7-13-19-34/h5-29,42H,1-4H3. The van der Waals surface area contributed by atoms with Crippen LogP contribution in [0.25, 0.3) is 10.8 Å². The molecule has 0 saturated heterocycles. The van der Waals surface area contributed by atoms with Gasteiger partial charge in [0.05, 0.1) is 18.1 Å². The highest BCUT2D eigenvalue weighted by Crippen LogP contribution is 2.43. The molecule has 0 aliphatic heterocycles. The highest BCUT2D eigenvalue weighted by atomic mass is 16.5. The van der Waals surface area contributed by atoms with E-state index in [1.165, 1.54) is 0 Å². The Bertz CT molecular complexity index is 1710. The maximum absolute atomic E-state index is 12.6. The predicted octanol–water partition coefficient (Wildman–Crippen LogP) is 8.56. The molecular formula is C39H38N2O2. The number of aliphatic hydroxyl groups is 1. The molecule has 5 aromatic carbocycles. The molecule has 0 bridgehead atoms. The van der Waals surface area contributed by atoms with Gasteiger partial charge < -0.3 is 14.4 Å². The lowest BCUT2D eigenvalue weighted by Crippen LogP contribution is -2.37. The van der Waals surface area contributed by atoms with Gasteiger partial charge in [0, 0.05) is 6.20 Å². The van der Waals surface area contributed by atoms with E-state index in [0.717, 1.165) is 38.8 Å². The molecule has 43 heavy (non-hydrogen) atoms. The Balaban J connectivity index is 1.53. The molecule has 0 spiro atoms. The first-order chi connectivity index (χ1) is 20.8. The van der Waals surface area contributed by atoms with Gasteiger partial charge in [-0.1, -0.05) is 123 Å². The third kappa shape index (κ3) is 5.02. The molecule has 0 amide bonds. The molecule has 1 atom stereocenters. The van der Waals surface area contributed by atoms with Crippen molar-refractivity contribution in [3.05, 3.63) is 168 Å². The van der Waals surface area contributed by atoms with Crippen molar-refractivity contribution < 1.29 is 9.84 Å². The van der Waals surface area contributed by atoms with Crippen molar-refractivity contribution in [3.63, 3.8) is 0 Å². The maximum atomic E-state index is 12.6. The Morgan fingerprint density at radius 1 is 0.628 bits per heavy atom. The SMILES string of the molecule is CC(C)Oc1ccc2cc(C(O)(c3cn(C(c4ccccc4)(c4ccccc4)c4ccccc4)cn3)C(C)C)ccc2c1. The number of rotatable bonds is 9. The van der Waals surface area contributed by atoms with Crippen molar-refractivity contribution in [1.29, 1.82) is 0 Å². The van der Waals surface area contributed by atoms with Gasteiger partial charge in [-0.15, -0.1) is 0 Å². The van der Waals surface area contributed by atoms with Crippen LogP contribution in [0.5, 0.6) is 5.75 Å². The Morgan fingerprint density at radius 2 is 1.14 bits per heavy atom. The number of imidazole rings is 1. The van der Waals surface area contributed by atoms with Crippen LogP contribution >= 0.6 is 0 Å². The van der Waals surface area contributed by atoms with Crippen molar-refractivity contribution >= 4 is 10.8 Å². The van der Waals surface area contributed by atoms with Gasteiger partial charge in [-0.2, -0.15) is 0 Å². The fourth-order valence-corrected chi connectivity index (χ4v) is 6.27. The van der Waals surface area contributed by atoms with E-state index in [0.29, 0.717) is 5.69 Å². The number of nitrogens with zero attached hydrogens (tertiary/aromatic N) is 2. The van der Waals surface area contributed by atoms with Crippen molar-refractivity contribution in [3.8, 4) is 5.75 Å². The molecule has 0 aliphatic rings. The quantitative estimate of drug-likeness (QED) is 0.178. The minimum Gasteiger partial charge on any atom is -0.491 e. The number of benzene rings is 5. The molecule has 1 N–H and O–H groups in total. The number of hydrogen-bond acceptors (Lipinski definition) is 3. The van der Waals surface area contributed by atoms with Crippen LogP contribution in [0.15, 0.2) is 140 Å². The first-order valence-electron chi connectivity index (χ1n) is 15.0. The Kier molecular flexibility index (Phi) is 7.64. The van der Waals surface area contributed by atoms with Crippen LogP contribution in [0.3, 0.4) is 0 Å². The molecular weight excluding hydrogens is 528 g/mol. The second-order valence-electron chi connectivity index (χ2n) is 11.8. The lowest BCUT2D eigenvalue weighted by Gasteiger charge is -2.37. The molecule has 0 fully saturated rings. The van der Waals surface area contributed by atoms with Crippen LogP contribution in [0.4, 0.5) is 0 Å². The van der Waals surface area contributed by atoms with Crippen molar-refractivity contribution in [2.24, 2.45) is 5.92 Å². The maximum Gasteiger partial charge on any atom is 0.135 e. The number of ether oxygens (including phenoxy) is 1. The Labute approximate surface area is 254 Å². The summed E-state index contributed by atoms with van der Waals surface area (Å²) in [5, 5.41) is 14.7. The monoisotopic (exact) mass is 566 g/mol. The minimum atomic E-state index is -1.32. The summed E-state index contributed by atoms with van der Waals surface area (Å²) >= 11 is 0. The molecule has 6 rings (SSSR count). The van der Waals surface area contributed by atoms with Crippen LogP contribution in [0.1, 0.15) is 55.6 Å². The largest absolute Gasteiger partial charge is 0.491 e. The lowest BCUT2D eigenvalue weighted by molar-refractivity contribution is 0.0279. The average molecular weight is 567 g/mol. The average Bonchev–Trinajstić information content (AvgIpc) is 3.53. The number of aromatic nitrogens is 2. The Morgan fingerprint density at radius 3 is 1.65 bits per heavy atom. The highest BCUT2D eigenvalue weighted by molar-refractivity contribution is 5.85. The third-order valence-corrected chi connectivity index (χ3v) is 8.39. The van der Waals surface area contributed by atoms with Crippen molar-refractivity contribution in [1.82, 2.24) is 9.55 Å². The van der Waals surface area contributed by atoms with Crippen LogP contribution in [0.2, 0.25) is 0 Å². The van der Waals surface area contributed by atoms with E-state index in [4.69, 9.17) is 9.72 Å². The molecule has 1 heterocycles. The van der Waals surface area contributed by atoms with Crippen LogP contribution in [-0.2, 0) is 11.1 Å². The topological polar surface area (TPSA) is 47.3 Å². The summed E-state index contributed by atoms with van der Waals surface area (Å²) < 4.78 is 8.07. The smallest absolute Gasteiger partial charge is 0.135 e. The number of hydrogen-bond donors (Lipinski definition) is 1. The van der Waals surface area contributed by atoms with Gasteiger partial charge in [0.15, 0.2) is 0 Å². The van der Waals surface area contributed by atoms with E-state index in [9.17, 15) is 5.11 Å². The second-order valence-corrected chi connectivity index (χ2v) is 11.8. The van der Waals surface area contributed by atoms with Gasteiger partial charge in [-0.25, -0.2) is 4.98 Å². The number of fused-ring (bicyclic) bond motifs is 1. The summed E-state index contributed by atoms with van der Waals surface area (Å²) in [5.74, 6) is 0.698. The highest BCUT2D eigenvalue weighted by Gasteiger charge is 2.42. The first kappa shape index (κ1) is 28.4. The molecule has 0 saturated carbocycles. The van der Waals surface area contributed by atoms with Gasteiger partial charge in [0.2, 0.25) is 0 Å². The van der Waals surface area contributed by atoms with Crippen LogP contribution in [-0.4, -0.2) is 20.8 Å². The van der Waals surface area contributed by atoms with Gasteiger partial charge in [-0.05, 0) is 71.0 Å². The fraction of sp³-hybridized carbons (Fsp3) is 0.205. The van der Waals surface area contributed by atoms with E-state index in [1.807, 2.05) is 70.6 Å². The summed E-state index contributed by atoms with van der Waals surface area (Å²) in [5.41, 5.74) is 2.71. The van der Waals surface area contributed by atoms with E-state index in [1.54, 1.807) is 0 Å². The second kappa shape index (κ2) is 11.5.